The molecule has 1 saturated carbocycles. The highest BCUT2D eigenvalue weighted by Gasteiger charge is 2.21. The molecule has 0 atom stereocenters. The Morgan fingerprint density at radius 3 is 2.64 bits per heavy atom. The monoisotopic (exact) mass is 302 g/mol. The van der Waals surface area contributed by atoms with Crippen molar-refractivity contribution in [2.45, 2.75) is 51.9 Å². The van der Waals surface area contributed by atoms with Crippen LogP contribution in [0.3, 0.4) is 0 Å². The second-order valence-corrected chi connectivity index (χ2v) is 6.08. The molecule has 3 nitrogen and oxygen atoms in total. The van der Waals surface area contributed by atoms with Gasteiger partial charge >= 0.3 is 5.97 Å². The number of aryl methyl sites for hydroxylation is 1. The van der Waals surface area contributed by atoms with E-state index in [4.69, 9.17) is 9.47 Å². The van der Waals surface area contributed by atoms with Gasteiger partial charge in [0.05, 0.1) is 0 Å². The van der Waals surface area contributed by atoms with E-state index in [0.717, 1.165) is 23.3 Å². The fraction of sp³-hybridized carbons (Fsp3) is 0.526. The van der Waals surface area contributed by atoms with Gasteiger partial charge < -0.3 is 9.47 Å². The number of rotatable bonds is 6. The van der Waals surface area contributed by atoms with Gasteiger partial charge in [0, 0.05) is 6.08 Å². The first-order valence-electron chi connectivity index (χ1n) is 8.16. The predicted octanol–water partition coefficient (Wildman–Crippen LogP) is 4.74. The molecule has 0 aliphatic heterocycles. The molecule has 0 aromatic heterocycles. The number of carbonyl (C=O) groups excluding carboxylic acids is 1. The van der Waals surface area contributed by atoms with Crippen molar-refractivity contribution in [1.82, 2.24) is 0 Å². The number of benzene rings is 1. The van der Waals surface area contributed by atoms with Gasteiger partial charge in [0.25, 0.3) is 0 Å². The minimum absolute atomic E-state index is 0.0767. The zero-order valence-corrected chi connectivity index (χ0v) is 13.6. The molecular formula is C19H26O3. The van der Waals surface area contributed by atoms with Crippen molar-refractivity contribution in [2.24, 2.45) is 5.92 Å². The van der Waals surface area contributed by atoms with Crippen LogP contribution in [0.15, 0.2) is 30.9 Å². The molecule has 0 amide bonds. The molecule has 120 valence electrons. The third kappa shape index (κ3) is 4.36. The van der Waals surface area contributed by atoms with E-state index < -0.39 is 5.97 Å². The average molecular weight is 302 g/mol. The molecule has 1 aromatic carbocycles. The third-order valence-electron chi connectivity index (χ3n) is 4.68. The molecule has 0 N–H and O–H groups in total. The molecule has 0 spiro atoms. The summed E-state index contributed by atoms with van der Waals surface area (Å²) in [7, 11) is 0. The van der Waals surface area contributed by atoms with E-state index in [1.165, 1.54) is 37.7 Å². The minimum Gasteiger partial charge on any atom is -0.457 e. The number of esters is 1. The maximum absolute atomic E-state index is 11.0. The summed E-state index contributed by atoms with van der Waals surface area (Å²) in [4.78, 5) is 11.0. The van der Waals surface area contributed by atoms with E-state index in [0.29, 0.717) is 5.92 Å². The lowest BCUT2D eigenvalue weighted by Crippen LogP contribution is -2.13. The molecule has 22 heavy (non-hydrogen) atoms. The smallest absolute Gasteiger partial charge is 0.333 e. The van der Waals surface area contributed by atoms with Gasteiger partial charge in [0.2, 0.25) is 6.79 Å². The van der Waals surface area contributed by atoms with Crippen molar-refractivity contribution < 1.29 is 14.3 Å². The van der Waals surface area contributed by atoms with Gasteiger partial charge in [-0.3, -0.25) is 0 Å². The van der Waals surface area contributed by atoms with E-state index in [9.17, 15) is 4.79 Å². The molecule has 2 rings (SSSR count). The second kappa shape index (κ2) is 8.02. The highest BCUT2D eigenvalue weighted by Crippen LogP contribution is 2.38. The first kappa shape index (κ1) is 16.6. The molecule has 1 fully saturated rings. The van der Waals surface area contributed by atoms with Gasteiger partial charge in [0.15, 0.2) is 0 Å². The molecule has 1 aliphatic rings. The lowest BCUT2D eigenvalue weighted by atomic mass is 9.77. The van der Waals surface area contributed by atoms with E-state index in [2.05, 4.69) is 25.6 Å². The largest absolute Gasteiger partial charge is 0.457 e. The minimum atomic E-state index is -0.470. The van der Waals surface area contributed by atoms with E-state index in [1.807, 2.05) is 13.0 Å². The first-order valence-corrected chi connectivity index (χ1v) is 8.16. The van der Waals surface area contributed by atoms with Crippen LogP contribution in [-0.2, 0) is 9.53 Å². The van der Waals surface area contributed by atoms with E-state index >= 15 is 0 Å². The SMILES string of the molecule is C=CC(=O)OCOc1ccc(C2CCC(CC)CC2)cc1C. The Morgan fingerprint density at radius 2 is 2.05 bits per heavy atom. The normalized spacial score (nSPS) is 21.2. The van der Waals surface area contributed by atoms with Crippen molar-refractivity contribution in [2.75, 3.05) is 6.79 Å². The van der Waals surface area contributed by atoms with Crippen molar-refractivity contribution in [3.8, 4) is 5.75 Å². The van der Waals surface area contributed by atoms with Crippen LogP contribution in [-0.4, -0.2) is 12.8 Å². The Labute approximate surface area is 133 Å². The van der Waals surface area contributed by atoms with Crippen LogP contribution in [0.2, 0.25) is 0 Å². The third-order valence-corrected chi connectivity index (χ3v) is 4.68. The summed E-state index contributed by atoms with van der Waals surface area (Å²) in [5.41, 5.74) is 2.49. The summed E-state index contributed by atoms with van der Waals surface area (Å²) in [6.07, 6.45) is 7.70. The Bertz CT molecular complexity index is 513. The molecule has 3 heteroatoms. The summed E-state index contributed by atoms with van der Waals surface area (Å²) < 4.78 is 10.3. The summed E-state index contributed by atoms with van der Waals surface area (Å²) in [5, 5.41) is 0. The van der Waals surface area contributed by atoms with E-state index in [-0.39, 0.29) is 6.79 Å². The number of ether oxygens (including phenoxy) is 2. The fourth-order valence-corrected chi connectivity index (χ4v) is 3.20. The van der Waals surface area contributed by atoms with Crippen molar-refractivity contribution in [1.29, 1.82) is 0 Å². The summed E-state index contributed by atoms with van der Waals surface area (Å²) >= 11 is 0. The molecule has 0 radical (unpaired) electrons. The first-order chi connectivity index (χ1) is 10.6. The highest BCUT2D eigenvalue weighted by molar-refractivity contribution is 5.81. The zero-order valence-electron chi connectivity index (χ0n) is 13.6. The van der Waals surface area contributed by atoms with Gasteiger partial charge in [-0.15, -0.1) is 0 Å². The second-order valence-electron chi connectivity index (χ2n) is 6.08. The van der Waals surface area contributed by atoms with Crippen molar-refractivity contribution >= 4 is 5.97 Å². The van der Waals surface area contributed by atoms with Gasteiger partial charge in [-0.1, -0.05) is 32.1 Å². The predicted molar refractivity (Wildman–Crippen MR) is 88.0 cm³/mol. The number of carbonyl (C=O) groups is 1. The quantitative estimate of drug-likeness (QED) is 0.432. The van der Waals surface area contributed by atoms with Crippen molar-refractivity contribution in [3.05, 3.63) is 42.0 Å². The lowest BCUT2D eigenvalue weighted by molar-refractivity contribution is -0.144. The summed E-state index contributed by atoms with van der Waals surface area (Å²) in [5.74, 6) is 1.89. The molecule has 0 heterocycles. The zero-order chi connectivity index (χ0) is 15.9. The number of hydrogen-bond donors (Lipinski definition) is 0. The van der Waals surface area contributed by atoms with E-state index in [1.54, 1.807) is 0 Å². The molecule has 0 bridgehead atoms. The topological polar surface area (TPSA) is 35.5 Å². The Kier molecular flexibility index (Phi) is 6.05. The van der Waals surface area contributed by atoms with Crippen LogP contribution >= 0.6 is 0 Å². The van der Waals surface area contributed by atoms with Gasteiger partial charge in [-0.05, 0) is 61.6 Å². The molecule has 0 unspecified atom stereocenters. The highest BCUT2D eigenvalue weighted by atomic mass is 16.7. The van der Waals surface area contributed by atoms with Gasteiger partial charge in [-0.25, -0.2) is 4.79 Å². The summed E-state index contributed by atoms with van der Waals surface area (Å²) in [6, 6.07) is 6.34. The van der Waals surface area contributed by atoms with Gasteiger partial charge in [0.1, 0.15) is 5.75 Å². The van der Waals surface area contributed by atoms with Gasteiger partial charge in [-0.2, -0.15) is 0 Å². The Balaban J connectivity index is 1.92. The molecule has 0 saturated heterocycles. The maximum atomic E-state index is 11.0. The summed E-state index contributed by atoms with van der Waals surface area (Å²) in [6.45, 7) is 7.60. The Hall–Kier alpha value is -1.77. The van der Waals surface area contributed by atoms with Crippen LogP contribution < -0.4 is 4.74 Å². The molecule has 1 aliphatic carbocycles. The van der Waals surface area contributed by atoms with Crippen LogP contribution in [0.25, 0.3) is 0 Å². The standard InChI is InChI=1S/C19H26O3/c1-4-15-6-8-16(9-7-15)17-10-11-18(14(3)12-17)21-13-22-19(20)5-2/h5,10-12,15-16H,2,4,6-9,13H2,1,3H3. The van der Waals surface area contributed by atoms with Crippen molar-refractivity contribution in [3.63, 3.8) is 0 Å². The number of hydrogen-bond acceptors (Lipinski definition) is 3. The average Bonchev–Trinajstić information content (AvgIpc) is 2.56. The van der Waals surface area contributed by atoms with Crippen LogP contribution in [0.5, 0.6) is 5.75 Å². The van der Waals surface area contributed by atoms with Crippen LogP contribution in [0, 0.1) is 12.8 Å². The lowest BCUT2D eigenvalue weighted by Gasteiger charge is -2.28. The Morgan fingerprint density at radius 1 is 1.32 bits per heavy atom. The molecular weight excluding hydrogens is 276 g/mol. The van der Waals surface area contributed by atoms with Crippen LogP contribution in [0.1, 0.15) is 56.1 Å². The van der Waals surface area contributed by atoms with Crippen LogP contribution in [0.4, 0.5) is 0 Å². The maximum Gasteiger partial charge on any atom is 0.333 e. The molecule has 1 aromatic rings. The fourth-order valence-electron chi connectivity index (χ4n) is 3.20.